The number of hydrazine groups is 1. The SMILES string of the molecule is CC(=O)[C@@H]1NN(CC=O)C2=C1CCC=C2. The monoisotopic (exact) mass is 206 g/mol. The van der Waals surface area contributed by atoms with Crippen LogP contribution in [0, 0.1) is 0 Å². The van der Waals surface area contributed by atoms with Crippen molar-refractivity contribution < 1.29 is 9.59 Å². The molecule has 0 saturated carbocycles. The van der Waals surface area contributed by atoms with Crippen LogP contribution in [0.5, 0.6) is 0 Å². The average molecular weight is 206 g/mol. The number of carbonyl (C=O) groups excluding carboxylic acids is 2. The first-order valence-corrected chi connectivity index (χ1v) is 5.11. The van der Waals surface area contributed by atoms with Gasteiger partial charge in [-0.05, 0) is 31.4 Å². The predicted octanol–water partition coefficient (Wildman–Crippen LogP) is 0.567. The number of ketones is 1. The largest absolute Gasteiger partial charge is 0.301 e. The maximum Gasteiger partial charge on any atom is 0.152 e. The van der Waals surface area contributed by atoms with Crippen molar-refractivity contribution in [3.63, 3.8) is 0 Å². The van der Waals surface area contributed by atoms with Crippen LogP contribution in [0.25, 0.3) is 0 Å². The molecule has 1 aliphatic carbocycles. The normalized spacial score (nSPS) is 24.3. The van der Waals surface area contributed by atoms with Gasteiger partial charge < -0.3 is 9.80 Å². The van der Waals surface area contributed by atoms with Crippen molar-refractivity contribution in [2.75, 3.05) is 6.54 Å². The lowest BCUT2D eigenvalue weighted by atomic mass is 9.95. The van der Waals surface area contributed by atoms with Crippen molar-refractivity contribution >= 4 is 12.1 Å². The van der Waals surface area contributed by atoms with Crippen LogP contribution >= 0.6 is 0 Å². The highest BCUT2D eigenvalue weighted by Gasteiger charge is 2.32. The molecule has 0 bridgehead atoms. The number of allylic oxidation sites excluding steroid dienone is 2. The zero-order chi connectivity index (χ0) is 10.8. The van der Waals surface area contributed by atoms with Crippen LogP contribution in [0.1, 0.15) is 19.8 Å². The number of carbonyl (C=O) groups is 2. The third kappa shape index (κ3) is 1.72. The van der Waals surface area contributed by atoms with Crippen molar-refractivity contribution in [1.82, 2.24) is 10.4 Å². The van der Waals surface area contributed by atoms with Gasteiger partial charge in [-0.15, -0.1) is 0 Å². The number of aldehydes is 1. The second-order valence-corrected chi connectivity index (χ2v) is 3.80. The van der Waals surface area contributed by atoms with Crippen LogP contribution in [0.4, 0.5) is 0 Å². The Morgan fingerprint density at radius 2 is 2.53 bits per heavy atom. The molecule has 80 valence electrons. The summed E-state index contributed by atoms with van der Waals surface area (Å²) in [6.45, 7) is 1.86. The molecule has 0 aromatic heterocycles. The van der Waals surface area contributed by atoms with E-state index in [0.717, 1.165) is 30.4 Å². The first-order valence-electron chi connectivity index (χ1n) is 5.11. The molecule has 0 aromatic rings. The van der Waals surface area contributed by atoms with Crippen LogP contribution in [-0.4, -0.2) is 29.7 Å². The smallest absolute Gasteiger partial charge is 0.152 e. The predicted molar refractivity (Wildman–Crippen MR) is 55.8 cm³/mol. The first-order chi connectivity index (χ1) is 7.24. The van der Waals surface area contributed by atoms with E-state index in [1.165, 1.54) is 0 Å². The number of nitrogens with zero attached hydrogens (tertiary/aromatic N) is 1. The molecule has 15 heavy (non-hydrogen) atoms. The molecule has 0 spiro atoms. The Balaban J connectivity index is 2.28. The summed E-state index contributed by atoms with van der Waals surface area (Å²) in [6.07, 6.45) is 6.76. The van der Waals surface area contributed by atoms with Gasteiger partial charge in [-0.3, -0.25) is 4.79 Å². The third-order valence-corrected chi connectivity index (χ3v) is 2.77. The van der Waals surface area contributed by atoms with Crippen molar-refractivity contribution in [3.05, 3.63) is 23.4 Å². The van der Waals surface area contributed by atoms with Crippen LogP contribution in [0.2, 0.25) is 0 Å². The molecular formula is C11H14N2O2. The number of Topliss-reactive ketones (excluding diaryl/α,β-unsaturated/α-hetero) is 1. The molecule has 2 rings (SSSR count). The van der Waals surface area contributed by atoms with E-state index in [2.05, 4.69) is 11.5 Å². The molecule has 0 fully saturated rings. The van der Waals surface area contributed by atoms with E-state index in [9.17, 15) is 9.59 Å². The van der Waals surface area contributed by atoms with Crippen molar-refractivity contribution in [1.29, 1.82) is 0 Å². The van der Waals surface area contributed by atoms with Gasteiger partial charge in [-0.2, -0.15) is 0 Å². The minimum absolute atomic E-state index is 0.103. The fourth-order valence-electron chi connectivity index (χ4n) is 2.09. The highest BCUT2D eigenvalue weighted by molar-refractivity contribution is 5.85. The molecule has 0 unspecified atom stereocenters. The van der Waals surface area contributed by atoms with Gasteiger partial charge in [0.2, 0.25) is 0 Å². The van der Waals surface area contributed by atoms with Gasteiger partial charge in [0, 0.05) is 0 Å². The maximum absolute atomic E-state index is 11.4. The third-order valence-electron chi connectivity index (χ3n) is 2.77. The van der Waals surface area contributed by atoms with Crippen molar-refractivity contribution in [2.45, 2.75) is 25.8 Å². The summed E-state index contributed by atoms with van der Waals surface area (Å²) in [5.74, 6) is 0.103. The zero-order valence-corrected chi connectivity index (χ0v) is 8.69. The van der Waals surface area contributed by atoms with Gasteiger partial charge in [0.15, 0.2) is 5.78 Å². The molecule has 4 heteroatoms. The van der Waals surface area contributed by atoms with Crippen LogP contribution in [0.15, 0.2) is 23.4 Å². The summed E-state index contributed by atoms with van der Waals surface area (Å²) >= 11 is 0. The van der Waals surface area contributed by atoms with E-state index in [-0.39, 0.29) is 18.4 Å². The van der Waals surface area contributed by atoms with Crippen LogP contribution in [0.3, 0.4) is 0 Å². The lowest BCUT2D eigenvalue weighted by Gasteiger charge is -2.18. The van der Waals surface area contributed by atoms with E-state index in [0.29, 0.717) is 0 Å². The topological polar surface area (TPSA) is 49.4 Å². The second kappa shape index (κ2) is 3.98. The van der Waals surface area contributed by atoms with Crippen LogP contribution < -0.4 is 5.43 Å². The Bertz CT molecular complexity index is 358. The van der Waals surface area contributed by atoms with Gasteiger partial charge in [0.05, 0.1) is 12.2 Å². The number of nitrogens with one attached hydrogen (secondary N) is 1. The molecule has 1 aliphatic heterocycles. The summed E-state index contributed by atoms with van der Waals surface area (Å²) in [6, 6.07) is -0.232. The molecule has 0 aromatic carbocycles. The van der Waals surface area contributed by atoms with Gasteiger partial charge in [-0.25, -0.2) is 5.43 Å². The average Bonchev–Trinajstić information content (AvgIpc) is 2.59. The van der Waals surface area contributed by atoms with Crippen molar-refractivity contribution in [2.24, 2.45) is 0 Å². The molecule has 2 aliphatic rings. The molecule has 0 saturated heterocycles. The molecule has 1 atom stereocenters. The van der Waals surface area contributed by atoms with E-state index < -0.39 is 0 Å². The summed E-state index contributed by atoms with van der Waals surface area (Å²) in [4.78, 5) is 21.9. The standard InChI is InChI=1S/C11H14N2O2/c1-8(15)11-9-4-2-3-5-10(9)13(12-11)6-7-14/h3,5,7,11-12H,2,4,6H2,1H3/t11-/m0/s1. The highest BCUT2D eigenvalue weighted by atomic mass is 16.1. The van der Waals surface area contributed by atoms with Crippen molar-refractivity contribution in [3.8, 4) is 0 Å². The van der Waals surface area contributed by atoms with E-state index in [4.69, 9.17) is 0 Å². The van der Waals surface area contributed by atoms with E-state index in [1.54, 1.807) is 11.9 Å². The molecule has 0 radical (unpaired) electrons. The minimum atomic E-state index is -0.232. The van der Waals surface area contributed by atoms with Crippen LogP contribution in [-0.2, 0) is 9.59 Å². The summed E-state index contributed by atoms with van der Waals surface area (Å²) in [5, 5.41) is 1.75. The summed E-state index contributed by atoms with van der Waals surface area (Å²) < 4.78 is 0. The number of hydrogen-bond donors (Lipinski definition) is 1. The van der Waals surface area contributed by atoms with Gasteiger partial charge in [-0.1, -0.05) is 6.08 Å². The van der Waals surface area contributed by atoms with E-state index >= 15 is 0 Å². The first kappa shape index (κ1) is 10.1. The Morgan fingerprint density at radius 3 is 3.20 bits per heavy atom. The van der Waals surface area contributed by atoms with E-state index in [1.807, 2.05) is 6.08 Å². The number of hydrogen-bond acceptors (Lipinski definition) is 4. The highest BCUT2D eigenvalue weighted by Crippen LogP contribution is 2.29. The zero-order valence-electron chi connectivity index (χ0n) is 8.69. The lowest BCUT2D eigenvalue weighted by Crippen LogP contribution is -2.41. The quantitative estimate of drug-likeness (QED) is 0.686. The fourth-order valence-corrected chi connectivity index (χ4v) is 2.09. The molecule has 1 heterocycles. The number of rotatable bonds is 3. The maximum atomic E-state index is 11.4. The molecule has 1 N–H and O–H groups in total. The summed E-state index contributed by atoms with van der Waals surface area (Å²) in [7, 11) is 0. The van der Waals surface area contributed by atoms with Gasteiger partial charge in [0.1, 0.15) is 12.3 Å². The van der Waals surface area contributed by atoms with Gasteiger partial charge >= 0.3 is 0 Å². The Kier molecular flexibility index (Phi) is 2.68. The molecule has 0 amide bonds. The molecule has 4 nitrogen and oxygen atoms in total. The lowest BCUT2D eigenvalue weighted by molar-refractivity contribution is -0.119. The molecular weight excluding hydrogens is 192 g/mol. The Morgan fingerprint density at radius 1 is 1.73 bits per heavy atom. The Labute approximate surface area is 88.6 Å². The second-order valence-electron chi connectivity index (χ2n) is 3.80. The minimum Gasteiger partial charge on any atom is -0.301 e. The fraction of sp³-hybridized carbons (Fsp3) is 0.455. The Hall–Kier alpha value is -1.42. The van der Waals surface area contributed by atoms with Gasteiger partial charge in [0.25, 0.3) is 0 Å². The summed E-state index contributed by atoms with van der Waals surface area (Å²) in [5.41, 5.74) is 5.17.